The van der Waals surface area contributed by atoms with Crippen molar-refractivity contribution in [3.8, 4) is 0 Å². The fraction of sp³-hybridized carbons (Fsp3) is 0.462. The molecule has 16 heavy (non-hydrogen) atoms. The van der Waals surface area contributed by atoms with Crippen LogP contribution in [0.4, 0.5) is 0 Å². The van der Waals surface area contributed by atoms with Crippen molar-refractivity contribution in [3.63, 3.8) is 0 Å². The SMILES string of the molecule is CCCC(C)NC(=O)Cc1cccc(Br)c1. The van der Waals surface area contributed by atoms with Crippen LogP contribution in [0.3, 0.4) is 0 Å². The van der Waals surface area contributed by atoms with Gasteiger partial charge in [-0.3, -0.25) is 4.79 Å². The van der Waals surface area contributed by atoms with Crippen molar-refractivity contribution in [2.24, 2.45) is 0 Å². The Balaban J connectivity index is 2.45. The van der Waals surface area contributed by atoms with E-state index in [-0.39, 0.29) is 11.9 Å². The van der Waals surface area contributed by atoms with Crippen LogP contribution in [0.15, 0.2) is 28.7 Å². The van der Waals surface area contributed by atoms with Crippen LogP contribution in [-0.2, 0) is 11.2 Å². The molecule has 1 amide bonds. The van der Waals surface area contributed by atoms with Crippen LogP contribution < -0.4 is 5.32 Å². The summed E-state index contributed by atoms with van der Waals surface area (Å²) in [6.45, 7) is 4.17. The minimum absolute atomic E-state index is 0.0963. The van der Waals surface area contributed by atoms with Crippen molar-refractivity contribution < 1.29 is 4.79 Å². The monoisotopic (exact) mass is 283 g/mol. The molecule has 0 radical (unpaired) electrons. The van der Waals surface area contributed by atoms with Crippen LogP contribution >= 0.6 is 15.9 Å². The fourth-order valence-corrected chi connectivity index (χ4v) is 2.11. The van der Waals surface area contributed by atoms with Gasteiger partial charge in [0.15, 0.2) is 0 Å². The molecule has 0 fully saturated rings. The van der Waals surface area contributed by atoms with Gasteiger partial charge in [-0.2, -0.15) is 0 Å². The van der Waals surface area contributed by atoms with Crippen molar-refractivity contribution in [2.45, 2.75) is 39.2 Å². The zero-order valence-electron chi connectivity index (χ0n) is 9.79. The summed E-state index contributed by atoms with van der Waals surface area (Å²) >= 11 is 3.40. The first-order valence-electron chi connectivity index (χ1n) is 5.65. The van der Waals surface area contributed by atoms with Crippen LogP contribution in [0, 0.1) is 0 Å². The molecule has 0 aromatic heterocycles. The van der Waals surface area contributed by atoms with E-state index in [1.54, 1.807) is 0 Å². The van der Waals surface area contributed by atoms with Crippen LogP contribution in [-0.4, -0.2) is 11.9 Å². The highest BCUT2D eigenvalue weighted by Gasteiger charge is 2.07. The molecule has 1 aromatic carbocycles. The lowest BCUT2D eigenvalue weighted by Crippen LogP contribution is -2.33. The molecular formula is C13H18BrNO. The largest absolute Gasteiger partial charge is 0.353 e. The molecule has 1 N–H and O–H groups in total. The second-order valence-electron chi connectivity index (χ2n) is 4.06. The summed E-state index contributed by atoms with van der Waals surface area (Å²) < 4.78 is 1.01. The Labute approximate surface area is 106 Å². The Morgan fingerprint density at radius 3 is 2.88 bits per heavy atom. The van der Waals surface area contributed by atoms with E-state index < -0.39 is 0 Å². The van der Waals surface area contributed by atoms with Crippen LogP contribution in [0.5, 0.6) is 0 Å². The van der Waals surface area contributed by atoms with E-state index in [9.17, 15) is 4.79 Å². The van der Waals surface area contributed by atoms with Gasteiger partial charge in [0, 0.05) is 10.5 Å². The number of hydrogen-bond donors (Lipinski definition) is 1. The van der Waals surface area contributed by atoms with Gasteiger partial charge < -0.3 is 5.32 Å². The van der Waals surface area contributed by atoms with E-state index >= 15 is 0 Å². The molecule has 3 heteroatoms. The van der Waals surface area contributed by atoms with Crippen molar-refractivity contribution in [1.82, 2.24) is 5.32 Å². The zero-order valence-corrected chi connectivity index (χ0v) is 11.4. The fourth-order valence-electron chi connectivity index (χ4n) is 1.66. The van der Waals surface area contributed by atoms with Crippen molar-refractivity contribution >= 4 is 21.8 Å². The van der Waals surface area contributed by atoms with Gasteiger partial charge in [-0.1, -0.05) is 41.4 Å². The summed E-state index contributed by atoms with van der Waals surface area (Å²) in [5.41, 5.74) is 1.04. The number of amides is 1. The number of halogens is 1. The summed E-state index contributed by atoms with van der Waals surface area (Å²) in [4.78, 5) is 11.7. The first kappa shape index (κ1) is 13.2. The number of nitrogens with one attached hydrogen (secondary N) is 1. The predicted octanol–water partition coefficient (Wildman–Crippen LogP) is 3.30. The maximum atomic E-state index is 11.7. The number of carbonyl (C=O) groups excluding carboxylic acids is 1. The molecule has 88 valence electrons. The normalized spacial score (nSPS) is 12.2. The number of hydrogen-bond acceptors (Lipinski definition) is 1. The second kappa shape index (κ2) is 6.69. The Kier molecular flexibility index (Phi) is 5.53. The van der Waals surface area contributed by atoms with Gasteiger partial charge in [0.1, 0.15) is 0 Å². The third-order valence-corrected chi connectivity index (χ3v) is 2.88. The second-order valence-corrected chi connectivity index (χ2v) is 4.98. The molecule has 0 spiro atoms. The van der Waals surface area contributed by atoms with E-state index in [0.29, 0.717) is 6.42 Å². The first-order valence-corrected chi connectivity index (χ1v) is 6.45. The van der Waals surface area contributed by atoms with E-state index in [1.165, 1.54) is 0 Å². The summed E-state index contributed by atoms with van der Waals surface area (Å²) in [6, 6.07) is 8.12. The van der Waals surface area contributed by atoms with Crippen LogP contribution in [0.2, 0.25) is 0 Å². The van der Waals surface area contributed by atoms with Crippen LogP contribution in [0.1, 0.15) is 32.3 Å². The van der Waals surface area contributed by atoms with E-state index in [2.05, 4.69) is 28.2 Å². The zero-order chi connectivity index (χ0) is 12.0. The third-order valence-electron chi connectivity index (χ3n) is 2.38. The van der Waals surface area contributed by atoms with Gasteiger partial charge in [0.05, 0.1) is 6.42 Å². The van der Waals surface area contributed by atoms with Gasteiger partial charge in [-0.15, -0.1) is 0 Å². The molecule has 0 aliphatic rings. The van der Waals surface area contributed by atoms with Gasteiger partial charge >= 0.3 is 0 Å². The maximum Gasteiger partial charge on any atom is 0.224 e. The van der Waals surface area contributed by atoms with Crippen molar-refractivity contribution in [1.29, 1.82) is 0 Å². The lowest BCUT2D eigenvalue weighted by atomic mass is 10.1. The molecule has 0 bridgehead atoms. The van der Waals surface area contributed by atoms with Crippen molar-refractivity contribution in [2.75, 3.05) is 0 Å². The topological polar surface area (TPSA) is 29.1 Å². The first-order chi connectivity index (χ1) is 7.61. The highest BCUT2D eigenvalue weighted by atomic mass is 79.9. The molecule has 2 nitrogen and oxygen atoms in total. The quantitative estimate of drug-likeness (QED) is 0.883. The highest BCUT2D eigenvalue weighted by molar-refractivity contribution is 9.10. The molecule has 0 saturated carbocycles. The summed E-state index contributed by atoms with van der Waals surface area (Å²) in [5.74, 6) is 0.0963. The third kappa shape index (κ3) is 4.79. The van der Waals surface area contributed by atoms with E-state index in [4.69, 9.17) is 0 Å². The van der Waals surface area contributed by atoms with Gasteiger partial charge in [0.2, 0.25) is 5.91 Å². The minimum atomic E-state index is 0.0963. The van der Waals surface area contributed by atoms with Crippen LogP contribution in [0.25, 0.3) is 0 Å². The molecule has 1 unspecified atom stereocenters. The van der Waals surface area contributed by atoms with Crippen molar-refractivity contribution in [3.05, 3.63) is 34.3 Å². The lowest BCUT2D eigenvalue weighted by molar-refractivity contribution is -0.121. The van der Waals surface area contributed by atoms with E-state index in [1.807, 2.05) is 31.2 Å². The summed E-state index contributed by atoms with van der Waals surface area (Å²) in [6.07, 6.45) is 2.58. The van der Waals surface area contributed by atoms with Gasteiger partial charge in [0.25, 0.3) is 0 Å². The Morgan fingerprint density at radius 1 is 1.50 bits per heavy atom. The Bertz CT molecular complexity index is 352. The lowest BCUT2D eigenvalue weighted by Gasteiger charge is -2.12. The average molecular weight is 284 g/mol. The smallest absolute Gasteiger partial charge is 0.224 e. The molecule has 0 aliphatic heterocycles. The minimum Gasteiger partial charge on any atom is -0.353 e. The highest BCUT2D eigenvalue weighted by Crippen LogP contribution is 2.12. The van der Waals surface area contributed by atoms with Gasteiger partial charge in [-0.25, -0.2) is 0 Å². The molecule has 0 saturated heterocycles. The average Bonchev–Trinajstić information content (AvgIpc) is 2.17. The maximum absolute atomic E-state index is 11.7. The Hall–Kier alpha value is -0.830. The van der Waals surface area contributed by atoms with Gasteiger partial charge in [-0.05, 0) is 31.0 Å². The summed E-state index contributed by atoms with van der Waals surface area (Å²) in [7, 11) is 0. The Morgan fingerprint density at radius 2 is 2.25 bits per heavy atom. The number of carbonyl (C=O) groups is 1. The molecule has 1 aromatic rings. The molecule has 1 rings (SSSR count). The van der Waals surface area contributed by atoms with E-state index in [0.717, 1.165) is 22.9 Å². The number of rotatable bonds is 5. The standard InChI is InChI=1S/C13H18BrNO/c1-3-5-10(2)15-13(16)9-11-6-4-7-12(14)8-11/h4,6-8,10H,3,5,9H2,1-2H3,(H,15,16). The molecule has 0 aliphatic carbocycles. The molecule has 1 atom stereocenters. The summed E-state index contributed by atoms with van der Waals surface area (Å²) in [5, 5.41) is 2.99. The molecule has 0 heterocycles. The predicted molar refractivity (Wildman–Crippen MR) is 70.4 cm³/mol. The molecular weight excluding hydrogens is 266 g/mol. The number of benzene rings is 1.